The summed E-state index contributed by atoms with van der Waals surface area (Å²) in [5.41, 5.74) is 3.18. The van der Waals surface area contributed by atoms with E-state index in [0.717, 1.165) is 15.6 Å². The summed E-state index contributed by atoms with van der Waals surface area (Å²) in [4.78, 5) is 28.0. The SMILES string of the molecule is Cc1ccc(N2C(=O)[C@H](Cc3ccc(Br)cc3)S/C2=C(/C#N)C(=O)Nc2ccccc2)cc1. The molecule has 0 saturated carbocycles. The smallest absolute Gasteiger partial charge is 0.269 e. The largest absolute Gasteiger partial charge is 0.321 e. The van der Waals surface area contributed by atoms with E-state index >= 15 is 0 Å². The third-order valence-corrected chi connectivity index (χ3v) is 6.96. The number of carbonyl (C=O) groups excluding carboxylic acids is 2. The number of thioether (sulfide) groups is 1. The van der Waals surface area contributed by atoms with Crippen molar-refractivity contribution in [3.05, 3.63) is 105 Å². The zero-order valence-electron chi connectivity index (χ0n) is 17.8. The van der Waals surface area contributed by atoms with Crippen LogP contribution in [0.15, 0.2) is 93.9 Å². The molecule has 0 unspecified atom stereocenters. The maximum absolute atomic E-state index is 13.5. The van der Waals surface area contributed by atoms with E-state index in [1.807, 2.05) is 67.6 Å². The molecular weight excluding hydrogens is 498 g/mol. The van der Waals surface area contributed by atoms with Crippen LogP contribution in [0.5, 0.6) is 0 Å². The second-order valence-electron chi connectivity index (χ2n) is 7.56. The van der Waals surface area contributed by atoms with E-state index < -0.39 is 11.2 Å². The summed E-state index contributed by atoms with van der Waals surface area (Å²) in [6.45, 7) is 1.96. The van der Waals surface area contributed by atoms with Crippen LogP contribution in [0.3, 0.4) is 0 Å². The Kier molecular flexibility index (Phi) is 6.97. The van der Waals surface area contributed by atoms with Gasteiger partial charge in [0.25, 0.3) is 5.91 Å². The van der Waals surface area contributed by atoms with Crippen LogP contribution < -0.4 is 10.2 Å². The highest BCUT2D eigenvalue weighted by Gasteiger charge is 2.40. The number of anilines is 2. The van der Waals surface area contributed by atoms with Crippen molar-refractivity contribution in [2.45, 2.75) is 18.6 Å². The molecule has 164 valence electrons. The molecular formula is C26H20BrN3O2S. The topological polar surface area (TPSA) is 73.2 Å². The molecule has 4 rings (SSSR count). The first kappa shape index (κ1) is 22.8. The first-order valence-electron chi connectivity index (χ1n) is 10.3. The third-order valence-electron chi connectivity index (χ3n) is 5.16. The van der Waals surface area contributed by atoms with Gasteiger partial charge in [0.15, 0.2) is 0 Å². The van der Waals surface area contributed by atoms with Gasteiger partial charge in [-0.05, 0) is 55.3 Å². The zero-order valence-corrected chi connectivity index (χ0v) is 20.2. The predicted octanol–water partition coefficient (Wildman–Crippen LogP) is 5.82. The molecule has 1 fully saturated rings. The van der Waals surface area contributed by atoms with Crippen LogP contribution in [0.25, 0.3) is 0 Å². The molecule has 7 heteroatoms. The lowest BCUT2D eigenvalue weighted by Crippen LogP contribution is -2.30. The first-order valence-corrected chi connectivity index (χ1v) is 12.0. The summed E-state index contributed by atoms with van der Waals surface area (Å²) >= 11 is 4.69. The number of aryl methyl sites for hydroxylation is 1. The fourth-order valence-electron chi connectivity index (χ4n) is 3.47. The van der Waals surface area contributed by atoms with E-state index in [9.17, 15) is 14.9 Å². The van der Waals surface area contributed by atoms with Gasteiger partial charge in [-0.3, -0.25) is 14.5 Å². The van der Waals surface area contributed by atoms with Crippen LogP contribution in [0.2, 0.25) is 0 Å². The highest BCUT2D eigenvalue weighted by molar-refractivity contribution is 9.10. The average molecular weight is 518 g/mol. The van der Waals surface area contributed by atoms with Crippen molar-refractivity contribution in [2.24, 2.45) is 0 Å². The van der Waals surface area contributed by atoms with Crippen molar-refractivity contribution in [3.63, 3.8) is 0 Å². The highest BCUT2D eigenvalue weighted by Crippen LogP contribution is 2.42. The summed E-state index contributed by atoms with van der Waals surface area (Å²) in [7, 11) is 0. The Morgan fingerprint density at radius 2 is 1.73 bits per heavy atom. The van der Waals surface area contributed by atoms with Gasteiger partial charge in [-0.15, -0.1) is 0 Å². The van der Waals surface area contributed by atoms with E-state index in [-0.39, 0.29) is 11.5 Å². The van der Waals surface area contributed by atoms with Crippen LogP contribution in [0, 0.1) is 18.3 Å². The molecule has 1 aliphatic rings. The van der Waals surface area contributed by atoms with Gasteiger partial charge in [-0.1, -0.05) is 75.7 Å². The number of nitriles is 1. The van der Waals surface area contributed by atoms with Gasteiger partial charge < -0.3 is 5.32 Å². The van der Waals surface area contributed by atoms with E-state index in [1.54, 1.807) is 24.3 Å². The van der Waals surface area contributed by atoms with Crippen molar-refractivity contribution in [2.75, 3.05) is 10.2 Å². The normalized spacial score (nSPS) is 16.9. The van der Waals surface area contributed by atoms with Gasteiger partial charge in [0.2, 0.25) is 5.91 Å². The molecule has 3 aromatic carbocycles. The molecule has 5 nitrogen and oxygen atoms in total. The number of amides is 2. The fraction of sp³-hybridized carbons (Fsp3) is 0.115. The Morgan fingerprint density at radius 1 is 1.06 bits per heavy atom. The van der Waals surface area contributed by atoms with Gasteiger partial charge in [0, 0.05) is 15.8 Å². The van der Waals surface area contributed by atoms with Crippen molar-refractivity contribution < 1.29 is 9.59 Å². The van der Waals surface area contributed by atoms with Crippen molar-refractivity contribution in [1.82, 2.24) is 0 Å². The van der Waals surface area contributed by atoms with Gasteiger partial charge in [-0.2, -0.15) is 5.26 Å². The number of nitrogens with one attached hydrogen (secondary N) is 1. The molecule has 0 radical (unpaired) electrons. The second kappa shape index (κ2) is 10.1. The Bertz CT molecular complexity index is 1250. The first-order chi connectivity index (χ1) is 16.0. The molecule has 2 amide bonds. The monoisotopic (exact) mass is 517 g/mol. The molecule has 0 bridgehead atoms. The molecule has 1 heterocycles. The van der Waals surface area contributed by atoms with Crippen LogP contribution in [0.1, 0.15) is 11.1 Å². The quantitative estimate of drug-likeness (QED) is 0.341. The number of halogens is 1. The molecule has 0 spiro atoms. The molecule has 0 aromatic heterocycles. The molecule has 1 saturated heterocycles. The molecule has 33 heavy (non-hydrogen) atoms. The summed E-state index contributed by atoms with van der Waals surface area (Å²) in [5, 5.41) is 12.6. The van der Waals surface area contributed by atoms with Crippen LogP contribution in [-0.2, 0) is 16.0 Å². The minimum Gasteiger partial charge on any atom is -0.321 e. The van der Waals surface area contributed by atoms with Crippen molar-refractivity contribution in [3.8, 4) is 6.07 Å². The number of para-hydroxylation sites is 1. The maximum Gasteiger partial charge on any atom is 0.269 e. The number of hydrogen-bond acceptors (Lipinski definition) is 4. The Hall–Kier alpha value is -3.34. The van der Waals surface area contributed by atoms with E-state index in [4.69, 9.17) is 0 Å². The number of rotatable bonds is 5. The highest BCUT2D eigenvalue weighted by atomic mass is 79.9. The summed E-state index contributed by atoms with van der Waals surface area (Å²) in [6, 6.07) is 26.2. The van der Waals surface area contributed by atoms with Crippen molar-refractivity contribution in [1.29, 1.82) is 5.26 Å². The molecule has 1 atom stereocenters. The number of hydrogen-bond donors (Lipinski definition) is 1. The summed E-state index contributed by atoms with van der Waals surface area (Å²) < 4.78 is 0.961. The molecule has 1 aliphatic heterocycles. The Labute approximate surface area is 205 Å². The third kappa shape index (κ3) is 5.19. The minimum absolute atomic E-state index is 0.0870. The van der Waals surface area contributed by atoms with Gasteiger partial charge in [-0.25, -0.2) is 0 Å². The zero-order chi connectivity index (χ0) is 23.4. The Balaban J connectivity index is 1.72. The fourth-order valence-corrected chi connectivity index (χ4v) is 5.04. The van der Waals surface area contributed by atoms with E-state index in [0.29, 0.717) is 22.8 Å². The second-order valence-corrected chi connectivity index (χ2v) is 9.67. The number of nitrogens with zero attached hydrogens (tertiary/aromatic N) is 2. The van der Waals surface area contributed by atoms with Crippen LogP contribution >= 0.6 is 27.7 Å². The lowest BCUT2D eigenvalue weighted by Gasteiger charge is -2.19. The molecule has 1 N–H and O–H groups in total. The van der Waals surface area contributed by atoms with Crippen molar-refractivity contribution >= 4 is 50.9 Å². The lowest BCUT2D eigenvalue weighted by atomic mass is 10.1. The van der Waals surface area contributed by atoms with Gasteiger partial charge >= 0.3 is 0 Å². The van der Waals surface area contributed by atoms with E-state index in [1.165, 1.54) is 16.7 Å². The number of benzene rings is 3. The maximum atomic E-state index is 13.5. The predicted molar refractivity (Wildman–Crippen MR) is 136 cm³/mol. The van der Waals surface area contributed by atoms with Crippen LogP contribution in [0.4, 0.5) is 11.4 Å². The van der Waals surface area contributed by atoms with Gasteiger partial charge in [0.1, 0.15) is 16.7 Å². The van der Waals surface area contributed by atoms with E-state index in [2.05, 4.69) is 21.2 Å². The summed E-state index contributed by atoms with van der Waals surface area (Å²) in [5.74, 6) is -0.692. The Morgan fingerprint density at radius 3 is 2.36 bits per heavy atom. The standard InChI is InChI=1S/C26H20BrN3O2S/c1-17-7-13-21(14-8-17)30-25(32)23(15-18-9-11-19(27)12-10-18)33-26(30)22(16-28)24(31)29-20-5-3-2-4-6-20/h2-14,23H,15H2,1H3,(H,29,31)/b26-22-/t23-/m0/s1. The molecule has 0 aliphatic carbocycles. The van der Waals surface area contributed by atoms with Crippen LogP contribution in [-0.4, -0.2) is 17.1 Å². The minimum atomic E-state index is -0.541. The number of carbonyl (C=O) groups is 2. The van der Waals surface area contributed by atoms with Gasteiger partial charge in [0.05, 0.1) is 5.25 Å². The summed E-state index contributed by atoms with van der Waals surface area (Å²) in [6.07, 6.45) is 0.488. The average Bonchev–Trinajstić information content (AvgIpc) is 3.12. The molecule has 3 aromatic rings. The lowest BCUT2D eigenvalue weighted by molar-refractivity contribution is -0.117.